The molecule has 2 N–H and O–H groups in total. The fourth-order valence-corrected chi connectivity index (χ4v) is 4.79. The molecule has 0 radical (unpaired) electrons. The van der Waals surface area contributed by atoms with Gasteiger partial charge in [0.25, 0.3) is 20.0 Å². The van der Waals surface area contributed by atoms with E-state index in [0.717, 1.165) is 24.8 Å². The summed E-state index contributed by atoms with van der Waals surface area (Å²) >= 11 is 0. The smallest absolute Gasteiger partial charge is 0.263 e. The zero-order valence-electron chi connectivity index (χ0n) is 16.6. The number of hydrogen-bond donors (Lipinski definition) is 2. The van der Waals surface area contributed by atoms with Crippen LogP contribution in [0.1, 0.15) is 31.1 Å². The Bertz CT molecular complexity index is 1200. The number of sulfonamides is 2. The topological polar surface area (TPSA) is 118 Å². The quantitative estimate of drug-likeness (QED) is 0.511. The van der Waals surface area contributed by atoms with Crippen LogP contribution in [-0.2, 0) is 26.5 Å². The Hall–Kier alpha value is -2.85. The highest BCUT2D eigenvalue weighted by Gasteiger charge is 2.18. The van der Waals surface area contributed by atoms with Gasteiger partial charge in [-0.15, -0.1) is 0 Å². The summed E-state index contributed by atoms with van der Waals surface area (Å²) in [6.45, 7) is 3.75. The maximum atomic E-state index is 12.6. The molecule has 30 heavy (non-hydrogen) atoms. The lowest BCUT2D eigenvalue weighted by atomic mass is 10.1. The second-order valence-electron chi connectivity index (χ2n) is 6.81. The molecule has 0 aliphatic rings. The minimum absolute atomic E-state index is 0.0358. The maximum absolute atomic E-state index is 12.6. The van der Waals surface area contributed by atoms with E-state index in [1.54, 1.807) is 31.2 Å². The molecule has 10 heteroatoms. The molecule has 0 unspecified atom stereocenters. The van der Waals surface area contributed by atoms with Gasteiger partial charge in [-0.25, -0.2) is 16.8 Å². The van der Waals surface area contributed by atoms with Gasteiger partial charge in [-0.3, -0.25) is 9.44 Å². The standard InChI is InChI=1S/C20H23N3O5S2/c1-3-4-5-16-6-10-18(11-7-16)29(24,25)22-17-8-12-19(13-9-17)30(26,27)23-20-14-15(2)28-21-20/h6-14,22H,3-5H2,1-2H3,(H,21,23). The van der Waals surface area contributed by atoms with Crippen molar-refractivity contribution in [2.45, 2.75) is 42.9 Å². The van der Waals surface area contributed by atoms with Crippen molar-refractivity contribution < 1.29 is 21.4 Å². The lowest BCUT2D eigenvalue weighted by Gasteiger charge is -2.10. The van der Waals surface area contributed by atoms with E-state index in [1.165, 1.54) is 30.3 Å². The predicted molar refractivity (Wildman–Crippen MR) is 114 cm³/mol. The summed E-state index contributed by atoms with van der Waals surface area (Å²) in [5.41, 5.74) is 1.33. The van der Waals surface area contributed by atoms with E-state index in [2.05, 4.69) is 21.5 Å². The Morgan fingerprint density at radius 3 is 1.97 bits per heavy atom. The van der Waals surface area contributed by atoms with Crippen LogP contribution in [0.5, 0.6) is 0 Å². The molecule has 0 saturated heterocycles. The van der Waals surface area contributed by atoms with Gasteiger partial charge in [0.15, 0.2) is 5.82 Å². The van der Waals surface area contributed by atoms with Crippen molar-refractivity contribution in [1.29, 1.82) is 0 Å². The molecule has 0 atom stereocenters. The number of anilines is 2. The van der Waals surface area contributed by atoms with Crippen molar-refractivity contribution in [1.82, 2.24) is 5.16 Å². The van der Waals surface area contributed by atoms with E-state index < -0.39 is 20.0 Å². The highest BCUT2D eigenvalue weighted by Crippen LogP contribution is 2.21. The summed E-state index contributed by atoms with van der Waals surface area (Å²) < 4.78 is 59.6. The van der Waals surface area contributed by atoms with Crippen molar-refractivity contribution in [3.8, 4) is 0 Å². The van der Waals surface area contributed by atoms with E-state index in [1.807, 2.05) is 0 Å². The van der Waals surface area contributed by atoms with Crippen molar-refractivity contribution in [3.05, 3.63) is 65.9 Å². The average molecular weight is 450 g/mol. The van der Waals surface area contributed by atoms with E-state index >= 15 is 0 Å². The Labute approximate surface area is 176 Å². The molecule has 3 rings (SSSR count). The number of aryl methyl sites for hydroxylation is 2. The van der Waals surface area contributed by atoms with Gasteiger partial charge in [0.2, 0.25) is 0 Å². The molecule has 0 aliphatic heterocycles. The molecule has 3 aromatic rings. The van der Waals surface area contributed by atoms with Crippen molar-refractivity contribution in [3.63, 3.8) is 0 Å². The van der Waals surface area contributed by atoms with Gasteiger partial charge in [-0.05, 0) is 61.7 Å². The number of nitrogens with zero attached hydrogens (tertiary/aromatic N) is 1. The minimum atomic E-state index is -3.87. The lowest BCUT2D eigenvalue weighted by molar-refractivity contribution is 0.400. The van der Waals surface area contributed by atoms with Crippen LogP contribution in [0, 0.1) is 6.92 Å². The van der Waals surface area contributed by atoms with E-state index in [4.69, 9.17) is 4.52 Å². The molecule has 1 heterocycles. The fraction of sp³-hybridized carbons (Fsp3) is 0.250. The molecular weight excluding hydrogens is 426 g/mol. The van der Waals surface area contributed by atoms with Gasteiger partial charge >= 0.3 is 0 Å². The number of rotatable bonds is 9. The molecule has 0 fully saturated rings. The molecule has 0 bridgehead atoms. The van der Waals surface area contributed by atoms with Crippen LogP contribution in [0.4, 0.5) is 11.5 Å². The van der Waals surface area contributed by atoms with Gasteiger partial charge in [0.1, 0.15) is 5.76 Å². The predicted octanol–water partition coefficient (Wildman–Crippen LogP) is 3.93. The molecule has 0 spiro atoms. The largest absolute Gasteiger partial charge is 0.360 e. The molecule has 1 aromatic heterocycles. The second-order valence-corrected chi connectivity index (χ2v) is 10.2. The normalized spacial score (nSPS) is 11.9. The number of nitrogens with one attached hydrogen (secondary N) is 2. The molecule has 2 aromatic carbocycles. The highest BCUT2D eigenvalue weighted by atomic mass is 32.2. The van der Waals surface area contributed by atoms with Crippen LogP contribution in [0.25, 0.3) is 0 Å². The summed E-state index contributed by atoms with van der Waals surface area (Å²) in [6.07, 6.45) is 3.02. The number of unbranched alkanes of at least 4 members (excludes halogenated alkanes) is 1. The molecule has 0 amide bonds. The van der Waals surface area contributed by atoms with E-state index in [-0.39, 0.29) is 21.3 Å². The van der Waals surface area contributed by atoms with Gasteiger partial charge in [0.05, 0.1) is 9.79 Å². The van der Waals surface area contributed by atoms with Crippen molar-refractivity contribution >= 4 is 31.6 Å². The Kier molecular flexibility index (Phi) is 6.47. The number of aromatic nitrogens is 1. The third-order valence-corrected chi connectivity index (χ3v) is 7.10. The summed E-state index contributed by atoms with van der Waals surface area (Å²) in [5, 5.41) is 3.59. The van der Waals surface area contributed by atoms with Crippen molar-refractivity contribution in [2.24, 2.45) is 0 Å². The molecule has 0 saturated carbocycles. The van der Waals surface area contributed by atoms with Gasteiger partial charge in [-0.2, -0.15) is 0 Å². The van der Waals surface area contributed by atoms with Crippen LogP contribution < -0.4 is 9.44 Å². The summed E-state index contributed by atoms with van der Waals surface area (Å²) in [4.78, 5) is 0.105. The van der Waals surface area contributed by atoms with E-state index in [0.29, 0.717) is 5.76 Å². The van der Waals surface area contributed by atoms with Crippen molar-refractivity contribution in [2.75, 3.05) is 9.44 Å². The van der Waals surface area contributed by atoms with Gasteiger partial charge in [-0.1, -0.05) is 30.6 Å². The molecule has 8 nitrogen and oxygen atoms in total. The number of hydrogen-bond acceptors (Lipinski definition) is 6. The first-order valence-corrected chi connectivity index (χ1v) is 12.3. The van der Waals surface area contributed by atoms with Gasteiger partial charge < -0.3 is 4.52 Å². The number of benzene rings is 2. The SMILES string of the molecule is CCCCc1ccc(S(=O)(=O)Nc2ccc(S(=O)(=O)Nc3cc(C)on3)cc2)cc1. The maximum Gasteiger partial charge on any atom is 0.263 e. The molecule has 0 aliphatic carbocycles. The Morgan fingerprint density at radius 2 is 1.43 bits per heavy atom. The fourth-order valence-electron chi connectivity index (χ4n) is 2.74. The monoisotopic (exact) mass is 449 g/mol. The first-order chi connectivity index (χ1) is 14.2. The second kappa shape index (κ2) is 8.88. The Morgan fingerprint density at radius 1 is 0.867 bits per heavy atom. The summed E-state index contributed by atoms with van der Waals surface area (Å²) in [7, 11) is -7.66. The van der Waals surface area contributed by atoms with Crippen LogP contribution in [0.2, 0.25) is 0 Å². The zero-order chi connectivity index (χ0) is 21.8. The summed E-state index contributed by atoms with van der Waals surface area (Å²) in [6, 6.07) is 13.6. The van der Waals surface area contributed by atoms with Crippen LogP contribution >= 0.6 is 0 Å². The highest BCUT2D eigenvalue weighted by molar-refractivity contribution is 7.93. The lowest BCUT2D eigenvalue weighted by Crippen LogP contribution is -2.14. The molecular formula is C20H23N3O5S2. The first kappa shape index (κ1) is 21.8. The van der Waals surface area contributed by atoms with Crippen LogP contribution in [-0.4, -0.2) is 22.0 Å². The molecule has 160 valence electrons. The van der Waals surface area contributed by atoms with E-state index in [9.17, 15) is 16.8 Å². The van der Waals surface area contributed by atoms with Crippen LogP contribution in [0.15, 0.2) is 68.9 Å². The van der Waals surface area contributed by atoms with Crippen LogP contribution in [0.3, 0.4) is 0 Å². The van der Waals surface area contributed by atoms with Gasteiger partial charge in [0, 0.05) is 11.8 Å². The first-order valence-electron chi connectivity index (χ1n) is 9.37. The summed E-state index contributed by atoms with van der Waals surface area (Å²) in [5.74, 6) is 0.538. The zero-order valence-corrected chi connectivity index (χ0v) is 18.3. The Balaban J connectivity index is 1.71. The minimum Gasteiger partial charge on any atom is -0.360 e. The average Bonchev–Trinajstić information content (AvgIpc) is 3.10. The third kappa shape index (κ3) is 5.39. The third-order valence-electron chi connectivity index (χ3n) is 4.34.